The molecule has 1 heterocycles. The van der Waals surface area contributed by atoms with E-state index in [-0.39, 0.29) is 5.54 Å². The lowest BCUT2D eigenvalue weighted by Crippen LogP contribution is -2.33. The van der Waals surface area contributed by atoms with Gasteiger partial charge >= 0.3 is 0 Å². The number of rotatable bonds is 2. The Kier molecular flexibility index (Phi) is 3.49. The van der Waals surface area contributed by atoms with Crippen molar-refractivity contribution in [2.24, 2.45) is 5.73 Å². The topological polar surface area (TPSA) is 38.9 Å². The first kappa shape index (κ1) is 11.1. The summed E-state index contributed by atoms with van der Waals surface area (Å²) in [6.45, 7) is 4.03. The predicted octanol–water partition coefficient (Wildman–Crippen LogP) is 3.19. The van der Waals surface area contributed by atoms with Crippen LogP contribution >= 0.6 is 31.9 Å². The zero-order valence-corrected chi connectivity index (χ0v) is 10.8. The molecular weight excluding hydrogens is 296 g/mol. The van der Waals surface area contributed by atoms with E-state index < -0.39 is 0 Å². The molecule has 13 heavy (non-hydrogen) atoms. The number of nitrogens with two attached hydrogens (primary N) is 1. The van der Waals surface area contributed by atoms with Crippen LogP contribution in [0.25, 0.3) is 0 Å². The van der Waals surface area contributed by atoms with Gasteiger partial charge in [-0.15, -0.1) is 0 Å². The fraction of sp³-hybridized carbons (Fsp3) is 0.444. The SMILES string of the molecule is CCC(C)(N)c1ncc(Br)cc1Br. The normalized spacial score (nSPS) is 15.5. The van der Waals surface area contributed by atoms with Gasteiger partial charge in [0.25, 0.3) is 0 Å². The fourth-order valence-corrected chi connectivity index (χ4v) is 2.44. The summed E-state index contributed by atoms with van der Waals surface area (Å²) in [5, 5.41) is 0. The summed E-state index contributed by atoms with van der Waals surface area (Å²) >= 11 is 6.80. The van der Waals surface area contributed by atoms with Crippen molar-refractivity contribution in [2.45, 2.75) is 25.8 Å². The van der Waals surface area contributed by atoms with Crippen LogP contribution in [0, 0.1) is 0 Å². The van der Waals surface area contributed by atoms with E-state index in [0.29, 0.717) is 0 Å². The summed E-state index contributed by atoms with van der Waals surface area (Å²) in [6, 6.07) is 1.96. The molecule has 1 rings (SSSR count). The van der Waals surface area contributed by atoms with Gasteiger partial charge in [-0.3, -0.25) is 4.98 Å². The summed E-state index contributed by atoms with van der Waals surface area (Å²) in [4.78, 5) is 4.30. The summed E-state index contributed by atoms with van der Waals surface area (Å²) < 4.78 is 1.91. The fourth-order valence-electron chi connectivity index (χ4n) is 1.00. The van der Waals surface area contributed by atoms with Crippen molar-refractivity contribution < 1.29 is 0 Å². The van der Waals surface area contributed by atoms with Crippen molar-refractivity contribution >= 4 is 31.9 Å². The van der Waals surface area contributed by atoms with E-state index >= 15 is 0 Å². The van der Waals surface area contributed by atoms with E-state index in [1.54, 1.807) is 6.20 Å². The van der Waals surface area contributed by atoms with Gasteiger partial charge in [0, 0.05) is 15.1 Å². The van der Waals surface area contributed by atoms with E-state index in [2.05, 4.69) is 43.8 Å². The molecule has 72 valence electrons. The third-order valence-electron chi connectivity index (χ3n) is 2.08. The highest BCUT2D eigenvalue weighted by Crippen LogP contribution is 2.28. The Hall–Kier alpha value is 0.0700. The number of hydrogen-bond donors (Lipinski definition) is 1. The molecule has 0 aliphatic rings. The quantitative estimate of drug-likeness (QED) is 0.911. The molecule has 1 unspecified atom stereocenters. The Balaban J connectivity index is 3.16. The molecule has 0 aromatic carbocycles. The van der Waals surface area contributed by atoms with Crippen molar-refractivity contribution in [3.63, 3.8) is 0 Å². The minimum Gasteiger partial charge on any atom is -0.320 e. The summed E-state index contributed by atoms with van der Waals surface area (Å²) in [7, 11) is 0. The minimum atomic E-state index is -0.362. The highest BCUT2D eigenvalue weighted by molar-refractivity contribution is 9.11. The second kappa shape index (κ2) is 4.07. The second-order valence-electron chi connectivity index (χ2n) is 3.25. The van der Waals surface area contributed by atoms with Gasteiger partial charge in [0.05, 0.1) is 11.2 Å². The molecule has 0 saturated carbocycles. The van der Waals surface area contributed by atoms with Crippen LogP contribution in [0.15, 0.2) is 21.2 Å². The molecule has 0 fully saturated rings. The van der Waals surface area contributed by atoms with Gasteiger partial charge in [-0.05, 0) is 51.3 Å². The lowest BCUT2D eigenvalue weighted by Gasteiger charge is -2.23. The first-order chi connectivity index (χ1) is 5.97. The van der Waals surface area contributed by atoms with Crippen LogP contribution in [0.5, 0.6) is 0 Å². The predicted molar refractivity (Wildman–Crippen MR) is 61.5 cm³/mol. The number of nitrogens with zero attached hydrogens (tertiary/aromatic N) is 1. The largest absolute Gasteiger partial charge is 0.320 e. The van der Waals surface area contributed by atoms with E-state index in [1.165, 1.54) is 0 Å². The smallest absolute Gasteiger partial charge is 0.0741 e. The Morgan fingerprint density at radius 1 is 1.54 bits per heavy atom. The van der Waals surface area contributed by atoms with Gasteiger partial charge in [0.15, 0.2) is 0 Å². The molecule has 0 aliphatic carbocycles. The van der Waals surface area contributed by atoms with Gasteiger partial charge in [0.2, 0.25) is 0 Å². The average Bonchev–Trinajstić information content (AvgIpc) is 2.03. The third kappa shape index (κ3) is 2.51. The van der Waals surface area contributed by atoms with Crippen molar-refractivity contribution in [2.75, 3.05) is 0 Å². The van der Waals surface area contributed by atoms with Crippen molar-refractivity contribution in [3.8, 4) is 0 Å². The zero-order chi connectivity index (χ0) is 10.1. The lowest BCUT2D eigenvalue weighted by atomic mass is 9.95. The number of pyridine rings is 1. The van der Waals surface area contributed by atoms with Crippen LogP contribution in [0.3, 0.4) is 0 Å². The van der Waals surface area contributed by atoms with Gasteiger partial charge < -0.3 is 5.73 Å². The van der Waals surface area contributed by atoms with Gasteiger partial charge in [-0.2, -0.15) is 0 Å². The average molecular weight is 308 g/mol. The second-order valence-corrected chi connectivity index (χ2v) is 5.02. The molecule has 2 N–H and O–H groups in total. The van der Waals surface area contributed by atoms with Crippen LogP contribution < -0.4 is 5.73 Å². The monoisotopic (exact) mass is 306 g/mol. The van der Waals surface area contributed by atoms with Gasteiger partial charge in [-0.1, -0.05) is 6.92 Å². The van der Waals surface area contributed by atoms with Crippen molar-refractivity contribution in [1.29, 1.82) is 0 Å². The highest BCUT2D eigenvalue weighted by atomic mass is 79.9. The van der Waals surface area contributed by atoms with Crippen molar-refractivity contribution in [3.05, 3.63) is 26.9 Å². The first-order valence-corrected chi connectivity index (χ1v) is 5.66. The molecule has 0 radical (unpaired) electrons. The van der Waals surface area contributed by atoms with Crippen LogP contribution in [-0.2, 0) is 5.54 Å². The number of hydrogen-bond acceptors (Lipinski definition) is 2. The standard InChI is InChI=1S/C9H12Br2N2/c1-3-9(2,12)8-7(11)4-6(10)5-13-8/h4-5H,3,12H2,1-2H3. The maximum Gasteiger partial charge on any atom is 0.0741 e. The molecule has 1 aromatic rings. The highest BCUT2D eigenvalue weighted by Gasteiger charge is 2.22. The molecule has 0 bridgehead atoms. The van der Waals surface area contributed by atoms with Crippen LogP contribution in [0.4, 0.5) is 0 Å². The molecule has 0 amide bonds. The maximum atomic E-state index is 6.08. The summed E-state index contributed by atoms with van der Waals surface area (Å²) in [5.41, 5.74) is 6.62. The Morgan fingerprint density at radius 2 is 2.15 bits per heavy atom. The Bertz CT molecular complexity index is 310. The Morgan fingerprint density at radius 3 is 2.62 bits per heavy atom. The molecule has 0 aliphatic heterocycles. The number of aromatic nitrogens is 1. The molecule has 2 nitrogen and oxygen atoms in total. The van der Waals surface area contributed by atoms with Gasteiger partial charge in [-0.25, -0.2) is 0 Å². The van der Waals surface area contributed by atoms with Crippen LogP contribution in [-0.4, -0.2) is 4.98 Å². The third-order valence-corrected chi connectivity index (χ3v) is 3.12. The zero-order valence-electron chi connectivity index (χ0n) is 7.64. The summed E-state index contributed by atoms with van der Waals surface area (Å²) in [5.74, 6) is 0. The van der Waals surface area contributed by atoms with Crippen molar-refractivity contribution in [1.82, 2.24) is 4.98 Å². The van der Waals surface area contributed by atoms with E-state index in [1.807, 2.05) is 13.0 Å². The lowest BCUT2D eigenvalue weighted by molar-refractivity contribution is 0.459. The van der Waals surface area contributed by atoms with Gasteiger partial charge in [0.1, 0.15) is 0 Å². The first-order valence-electron chi connectivity index (χ1n) is 4.08. The Labute approximate surface area is 95.2 Å². The molecule has 0 spiro atoms. The molecule has 1 aromatic heterocycles. The van der Waals surface area contributed by atoms with Crippen LogP contribution in [0.1, 0.15) is 26.0 Å². The summed E-state index contributed by atoms with van der Waals surface area (Å²) in [6.07, 6.45) is 2.63. The maximum absolute atomic E-state index is 6.08. The molecule has 4 heteroatoms. The molecule has 1 atom stereocenters. The minimum absolute atomic E-state index is 0.362. The molecular formula is C9H12Br2N2. The van der Waals surface area contributed by atoms with E-state index in [0.717, 1.165) is 21.1 Å². The van der Waals surface area contributed by atoms with Crippen LogP contribution in [0.2, 0.25) is 0 Å². The number of halogens is 2. The van der Waals surface area contributed by atoms with E-state index in [9.17, 15) is 0 Å². The van der Waals surface area contributed by atoms with E-state index in [4.69, 9.17) is 5.73 Å². The molecule has 0 saturated heterocycles.